The molecule has 0 fully saturated rings. The van der Waals surface area contributed by atoms with Crippen molar-refractivity contribution in [3.8, 4) is 5.75 Å². The molecular weight excluding hydrogens is 379 g/mol. The molecule has 1 heterocycles. The molecule has 0 atom stereocenters. The predicted octanol–water partition coefficient (Wildman–Crippen LogP) is 3.39. The molecule has 4 N–H and O–H groups in total. The second-order valence-corrected chi connectivity index (χ2v) is 7.57. The first-order valence-electron chi connectivity index (χ1n) is 8.63. The number of halogens is 3. The second-order valence-electron chi connectivity index (χ2n) is 6.54. The lowest BCUT2D eigenvalue weighted by Gasteiger charge is -2.24. The number of hydrogen-bond acceptors (Lipinski definition) is 5. The third kappa shape index (κ3) is 6.49. The number of rotatable bonds is 10. The normalized spacial score (nSPS) is 12.4. The van der Waals surface area contributed by atoms with Crippen LogP contribution in [-0.4, -0.2) is 35.6 Å². The summed E-state index contributed by atoms with van der Waals surface area (Å²) >= 11 is 1.61. The average Bonchev–Trinajstić information content (AvgIpc) is 3.16. The van der Waals surface area contributed by atoms with Crippen molar-refractivity contribution in [3.05, 3.63) is 51.7 Å². The largest absolute Gasteiger partial charge is 0.493 e. The zero-order valence-electron chi connectivity index (χ0n) is 14.8. The molecule has 1 aromatic carbocycles. The average molecular weight is 403 g/mol. The summed E-state index contributed by atoms with van der Waals surface area (Å²) in [5, 5.41) is 20.4. The van der Waals surface area contributed by atoms with Crippen LogP contribution in [0.15, 0.2) is 35.7 Å². The van der Waals surface area contributed by atoms with Gasteiger partial charge in [0.25, 0.3) is 0 Å². The van der Waals surface area contributed by atoms with E-state index in [0.717, 1.165) is 12.5 Å². The van der Waals surface area contributed by atoms with Gasteiger partial charge in [0.2, 0.25) is 0 Å². The molecule has 0 bridgehead atoms. The summed E-state index contributed by atoms with van der Waals surface area (Å²) in [7, 11) is 0. The lowest BCUT2D eigenvalue weighted by atomic mass is 9.93. The molecule has 0 aliphatic rings. The van der Waals surface area contributed by atoms with Crippen molar-refractivity contribution in [2.45, 2.75) is 37.4 Å². The Kier molecular flexibility index (Phi) is 7.67. The molecule has 4 nitrogen and oxygen atoms in total. The molecule has 0 radical (unpaired) electrons. The number of aryl methyl sites for hydroxylation is 2. The Morgan fingerprint density at radius 1 is 1.07 bits per heavy atom. The van der Waals surface area contributed by atoms with Crippen LogP contribution in [0.3, 0.4) is 0 Å². The van der Waals surface area contributed by atoms with E-state index in [4.69, 9.17) is 10.5 Å². The summed E-state index contributed by atoms with van der Waals surface area (Å²) in [6, 6.07) is 7.84. The fourth-order valence-electron chi connectivity index (χ4n) is 2.56. The molecule has 150 valence electrons. The Bertz CT molecular complexity index is 701. The van der Waals surface area contributed by atoms with E-state index in [1.807, 2.05) is 17.5 Å². The van der Waals surface area contributed by atoms with Gasteiger partial charge in [0.15, 0.2) is 0 Å². The lowest BCUT2D eigenvalue weighted by Crippen LogP contribution is -2.47. The maximum atomic E-state index is 13.4. The number of aliphatic hydroxyl groups is 2. The zero-order chi connectivity index (χ0) is 19.9. The minimum atomic E-state index is -4.53. The number of ether oxygens (including phenoxy) is 1. The molecule has 0 aliphatic carbocycles. The van der Waals surface area contributed by atoms with E-state index in [1.165, 1.54) is 10.9 Å². The lowest BCUT2D eigenvalue weighted by molar-refractivity contribution is -0.139. The van der Waals surface area contributed by atoms with E-state index >= 15 is 0 Å². The molecule has 0 aliphatic heterocycles. The topological polar surface area (TPSA) is 75.7 Å². The van der Waals surface area contributed by atoms with Crippen molar-refractivity contribution in [1.82, 2.24) is 0 Å². The van der Waals surface area contributed by atoms with Gasteiger partial charge in [-0.15, -0.1) is 11.3 Å². The highest BCUT2D eigenvalue weighted by atomic mass is 32.1. The molecule has 2 aromatic rings. The van der Waals surface area contributed by atoms with E-state index in [9.17, 15) is 23.4 Å². The fourth-order valence-corrected chi connectivity index (χ4v) is 3.32. The molecule has 8 heteroatoms. The van der Waals surface area contributed by atoms with Crippen molar-refractivity contribution < 1.29 is 28.1 Å². The van der Waals surface area contributed by atoms with Crippen LogP contribution in [-0.2, 0) is 19.0 Å². The van der Waals surface area contributed by atoms with E-state index in [2.05, 4.69) is 0 Å². The summed E-state index contributed by atoms with van der Waals surface area (Å²) in [5.41, 5.74) is 4.15. The molecule has 0 unspecified atom stereocenters. The minimum Gasteiger partial charge on any atom is -0.493 e. The van der Waals surface area contributed by atoms with Crippen LogP contribution in [0.1, 0.15) is 28.8 Å². The quantitative estimate of drug-likeness (QED) is 0.532. The molecule has 0 saturated carbocycles. The number of nitrogens with two attached hydrogens (primary N) is 1. The van der Waals surface area contributed by atoms with E-state index in [1.54, 1.807) is 17.4 Å². The standard InChI is InChI=1S/C19H24F3NO3S/c20-19(21,22)16-11-14(7-8-18(23,12-24)13-25)5-6-17(16)26-9-1-3-15-4-2-10-27-15/h2,4-6,10-11,24-25H,1,3,7-9,12-13,23H2. The van der Waals surface area contributed by atoms with Gasteiger partial charge in [0.1, 0.15) is 5.75 Å². The maximum absolute atomic E-state index is 13.4. The Morgan fingerprint density at radius 3 is 2.41 bits per heavy atom. The Labute approximate surface area is 160 Å². The Balaban J connectivity index is 2.02. The number of thiophene rings is 1. The number of aliphatic hydroxyl groups excluding tert-OH is 2. The van der Waals surface area contributed by atoms with Crippen LogP contribution < -0.4 is 10.5 Å². The number of alkyl halides is 3. The summed E-state index contributed by atoms with van der Waals surface area (Å²) in [4.78, 5) is 1.17. The van der Waals surface area contributed by atoms with Crippen molar-refractivity contribution >= 4 is 11.3 Å². The zero-order valence-corrected chi connectivity index (χ0v) is 15.7. The van der Waals surface area contributed by atoms with Crippen LogP contribution in [0.5, 0.6) is 5.75 Å². The van der Waals surface area contributed by atoms with Crippen LogP contribution in [0.25, 0.3) is 0 Å². The van der Waals surface area contributed by atoms with Gasteiger partial charge in [-0.05, 0) is 54.8 Å². The van der Waals surface area contributed by atoms with E-state index in [0.29, 0.717) is 12.0 Å². The molecule has 0 spiro atoms. The highest BCUT2D eigenvalue weighted by molar-refractivity contribution is 7.09. The molecule has 2 rings (SSSR count). The van der Waals surface area contributed by atoms with Gasteiger partial charge < -0.3 is 20.7 Å². The smallest absolute Gasteiger partial charge is 0.419 e. The van der Waals surface area contributed by atoms with Crippen molar-refractivity contribution in [1.29, 1.82) is 0 Å². The summed E-state index contributed by atoms with van der Waals surface area (Å²) in [6.07, 6.45) is -2.77. The van der Waals surface area contributed by atoms with Crippen molar-refractivity contribution in [3.63, 3.8) is 0 Å². The van der Waals surface area contributed by atoms with E-state index < -0.39 is 30.5 Å². The van der Waals surface area contributed by atoms with Gasteiger partial charge in [-0.1, -0.05) is 12.1 Å². The fraction of sp³-hybridized carbons (Fsp3) is 0.474. The first kappa shape index (κ1) is 21.7. The van der Waals surface area contributed by atoms with Gasteiger partial charge in [-0.3, -0.25) is 0 Å². The van der Waals surface area contributed by atoms with Gasteiger partial charge in [-0.25, -0.2) is 0 Å². The van der Waals surface area contributed by atoms with Crippen LogP contribution >= 0.6 is 11.3 Å². The van der Waals surface area contributed by atoms with Crippen molar-refractivity contribution in [2.75, 3.05) is 19.8 Å². The highest BCUT2D eigenvalue weighted by Crippen LogP contribution is 2.37. The van der Waals surface area contributed by atoms with Crippen LogP contribution in [0.2, 0.25) is 0 Å². The van der Waals surface area contributed by atoms with Gasteiger partial charge in [0.05, 0.1) is 30.9 Å². The Morgan fingerprint density at radius 2 is 1.81 bits per heavy atom. The number of hydrogen-bond donors (Lipinski definition) is 3. The van der Waals surface area contributed by atoms with Gasteiger partial charge in [0, 0.05) is 4.88 Å². The first-order valence-corrected chi connectivity index (χ1v) is 9.51. The molecular formula is C19H24F3NO3S. The molecule has 0 saturated heterocycles. The molecule has 1 aromatic heterocycles. The number of benzene rings is 1. The van der Waals surface area contributed by atoms with Crippen LogP contribution in [0, 0.1) is 0 Å². The van der Waals surface area contributed by atoms with Gasteiger partial charge in [-0.2, -0.15) is 13.2 Å². The van der Waals surface area contributed by atoms with E-state index in [-0.39, 0.29) is 25.2 Å². The summed E-state index contributed by atoms with van der Waals surface area (Å²) in [6.45, 7) is -0.691. The third-order valence-corrected chi connectivity index (χ3v) is 5.23. The predicted molar refractivity (Wildman–Crippen MR) is 99.0 cm³/mol. The summed E-state index contributed by atoms with van der Waals surface area (Å²) < 4.78 is 45.5. The first-order chi connectivity index (χ1) is 12.8. The monoisotopic (exact) mass is 403 g/mol. The maximum Gasteiger partial charge on any atom is 0.419 e. The SMILES string of the molecule is NC(CO)(CO)CCc1ccc(OCCCc2cccs2)c(C(F)(F)F)c1. The van der Waals surface area contributed by atoms with Crippen LogP contribution in [0.4, 0.5) is 13.2 Å². The van der Waals surface area contributed by atoms with Crippen molar-refractivity contribution in [2.24, 2.45) is 5.73 Å². The summed E-state index contributed by atoms with van der Waals surface area (Å²) in [5.74, 6) is -0.194. The third-order valence-electron chi connectivity index (χ3n) is 4.30. The minimum absolute atomic E-state index is 0.165. The molecule has 0 amide bonds. The van der Waals surface area contributed by atoms with Gasteiger partial charge >= 0.3 is 6.18 Å². The highest BCUT2D eigenvalue weighted by Gasteiger charge is 2.35. The molecule has 27 heavy (non-hydrogen) atoms. The second kappa shape index (κ2) is 9.54. The Hall–Kier alpha value is -1.61.